The second-order valence-electron chi connectivity index (χ2n) is 5.43. The molecule has 0 radical (unpaired) electrons. The summed E-state index contributed by atoms with van der Waals surface area (Å²) in [7, 11) is -1.55. The summed E-state index contributed by atoms with van der Waals surface area (Å²) >= 11 is 0. The Hall–Kier alpha value is 0.177. The average Bonchev–Trinajstić information content (AvgIpc) is 1.58. The summed E-state index contributed by atoms with van der Waals surface area (Å²) in [5.41, 5.74) is 0. The lowest BCUT2D eigenvalue weighted by molar-refractivity contribution is 0.151. The molecular weight excluding hydrogens is 152 g/mol. The fourth-order valence-electron chi connectivity index (χ4n) is 0.918. The monoisotopic (exact) mass is 174 g/mol. The third-order valence-electron chi connectivity index (χ3n) is 3.40. The number of hydrogen-bond acceptors (Lipinski definition) is 1. The largest absolute Gasteiger partial charge is 0.394 e. The van der Waals surface area contributed by atoms with Crippen LogP contribution in [0, 0.1) is 0 Å². The highest BCUT2D eigenvalue weighted by Gasteiger charge is 2.46. The van der Waals surface area contributed by atoms with Crippen molar-refractivity contribution in [2.24, 2.45) is 0 Å². The molecule has 0 rings (SSSR count). The first-order valence-corrected chi connectivity index (χ1v) is 7.22. The topological polar surface area (TPSA) is 20.2 Å². The molecule has 0 aromatic heterocycles. The average molecular weight is 174 g/mol. The lowest BCUT2D eigenvalue weighted by Crippen LogP contribution is -2.56. The summed E-state index contributed by atoms with van der Waals surface area (Å²) in [6, 6.07) is 0. The zero-order valence-corrected chi connectivity index (χ0v) is 9.95. The molecule has 0 saturated carbocycles. The van der Waals surface area contributed by atoms with Crippen molar-refractivity contribution in [3.05, 3.63) is 0 Å². The molecule has 1 N–H and O–H groups in total. The van der Waals surface area contributed by atoms with Gasteiger partial charge < -0.3 is 5.11 Å². The van der Waals surface area contributed by atoms with Crippen molar-refractivity contribution in [2.45, 2.75) is 58.0 Å². The van der Waals surface area contributed by atoms with E-state index < -0.39 is 13.3 Å². The Labute approximate surface area is 71.8 Å². The minimum absolute atomic E-state index is 0.269. The predicted octanol–water partition coefficient (Wildman–Crippen LogP) is 2.81. The fraction of sp³-hybridized carbons (Fsp3) is 1.00. The molecule has 0 saturated heterocycles. The second kappa shape index (κ2) is 2.59. The molecule has 0 spiro atoms. The first-order chi connectivity index (χ1) is 4.50. The second-order valence-corrected chi connectivity index (χ2v) is 11.4. The molecule has 0 aliphatic carbocycles. The van der Waals surface area contributed by atoms with Crippen LogP contribution in [0.1, 0.15) is 34.6 Å². The van der Waals surface area contributed by atoms with Crippen molar-refractivity contribution in [3.63, 3.8) is 0 Å². The van der Waals surface area contributed by atoms with Gasteiger partial charge in [-0.05, 0) is 18.9 Å². The maximum absolute atomic E-state index is 9.94. The van der Waals surface area contributed by atoms with Crippen LogP contribution in [0.25, 0.3) is 0 Å². The van der Waals surface area contributed by atoms with Gasteiger partial charge in [0, 0.05) is 0 Å². The van der Waals surface area contributed by atoms with Crippen LogP contribution in [-0.4, -0.2) is 18.4 Å². The van der Waals surface area contributed by atoms with Crippen molar-refractivity contribution in [2.75, 3.05) is 0 Å². The van der Waals surface area contributed by atoms with Gasteiger partial charge in [0.1, 0.15) is 0 Å². The van der Waals surface area contributed by atoms with Crippen LogP contribution in [0.3, 0.4) is 0 Å². The maximum Gasteiger partial charge on any atom is 0.0896 e. The molecule has 68 valence electrons. The first-order valence-electron chi connectivity index (χ1n) is 4.22. The van der Waals surface area contributed by atoms with Gasteiger partial charge in [0.2, 0.25) is 0 Å². The Morgan fingerprint density at radius 3 is 1.18 bits per heavy atom. The normalized spacial score (nSPS) is 15.3. The highest BCUT2D eigenvalue weighted by atomic mass is 28.3. The van der Waals surface area contributed by atoms with Gasteiger partial charge in [-0.15, -0.1) is 0 Å². The summed E-state index contributed by atoms with van der Waals surface area (Å²) in [6.45, 7) is 15.0. The molecule has 0 atom stereocenters. The van der Waals surface area contributed by atoms with Crippen molar-refractivity contribution >= 4 is 8.07 Å². The SMILES string of the molecule is CC(C)(C)[Si](C)(C)C(C)(C)O. The molecule has 0 bridgehead atoms. The van der Waals surface area contributed by atoms with Gasteiger partial charge in [-0.1, -0.05) is 33.9 Å². The van der Waals surface area contributed by atoms with E-state index >= 15 is 0 Å². The Balaban J connectivity index is 4.75. The van der Waals surface area contributed by atoms with Gasteiger partial charge in [0.25, 0.3) is 0 Å². The van der Waals surface area contributed by atoms with Crippen LogP contribution in [0.2, 0.25) is 18.1 Å². The molecule has 0 heterocycles. The van der Waals surface area contributed by atoms with E-state index in [0.29, 0.717) is 0 Å². The lowest BCUT2D eigenvalue weighted by Gasteiger charge is -2.45. The third kappa shape index (κ3) is 2.06. The van der Waals surface area contributed by atoms with Gasteiger partial charge in [-0.25, -0.2) is 0 Å². The summed E-state index contributed by atoms with van der Waals surface area (Å²) in [6.07, 6.45) is 0. The van der Waals surface area contributed by atoms with Gasteiger partial charge >= 0.3 is 0 Å². The van der Waals surface area contributed by atoms with E-state index in [1.54, 1.807) is 0 Å². The van der Waals surface area contributed by atoms with Gasteiger partial charge in [-0.2, -0.15) is 0 Å². The smallest absolute Gasteiger partial charge is 0.0896 e. The fourth-order valence-corrected chi connectivity index (χ4v) is 2.75. The van der Waals surface area contributed by atoms with E-state index in [9.17, 15) is 5.11 Å². The lowest BCUT2D eigenvalue weighted by atomic mass is 10.2. The van der Waals surface area contributed by atoms with Crippen LogP contribution in [0.15, 0.2) is 0 Å². The Morgan fingerprint density at radius 1 is 0.909 bits per heavy atom. The standard InChI is InChI=1S/C9H22OSi/c1-8(2,3)11(6,7)9(4,5)10/h10H,1-7H3. The van der Waals surface area contributed by atoms with Crippen LogP contribution in [0.5, 0.6) is 0 Å². The van der Waals surface area contributed by atoms with E-state index in [-0.39, 0.29) is 5.04 Å². The van der Waals surface area contributed by atoms with Gasteiger partial charge in [-0.3, -0.25) is 0 Å². The number of rotatable bonds is 1. The molecule has 0 amide bonds. The van der Waals surface area contributed by atoms with Crippen LogP contribution in [0.4, 0.5) is 0 Å². The van der Waals surface area contributed by atoms with Crippen molar-refractivity contribution < 1.29 is 5.11 Å². The number of aliphatic hydroxyl groups is 1. The van der Waals surface area contributed by atoms with E-state index in [0.717, 1.165) is 0 Å². The van der Waals surface area contributed by atoms with Crippen LogP contribution >= 0.6 is 0 Å². The van der Waals surface area contributed by atoms with E-state index in [1.807, 2.05) is 13.8 Å². The van der Waals surface area contributed by atoms with Crippen molar-refractivity contribution in [1.29, 1.82) is 0 Å². The Morgan fingerprint density at radius 2 is 1.18 bits per heavy atom. The Kier molecular flexibility index (Phi) is 2.64. The molecule has 11 heavy (non-hydrogen) atoms. The highest BCUT2D eigenvalue weighted by molar-refractivity contribution is 6.82. The summed E-state index contributed by atoms with van der Waals surface area (Å²) in [4.78, 5) is 0. The summed E-state index contributed by atoms with van der Waals surface area (Å²) in [5.74, 6) is 0. The quantitative estimate of drug-likeness (QED) is 0.606. The molecule has 0 fully saturated rings. The van der Waals surface area contributed by atoms with E-state index in [4.69, 9.17) is 0 Å². The van der Waals surface area contributed by atoms with Crippen molar-refractivity contribution in [3.8, 4) is 0 Å². The van der Waals surface area contributed by atoms with Crippen LogP contribution in [-0.2, 0) is 0 Å². The first kappa shape index (κ1) is 11.2. The molecular formula is C9H22OSi. The molecule has 0 aliphatic heterocycles. The van der Waals surface area contributed by atoms with Crippen molar-refractivity contribution in [1.82, 2.24) is 0 Å². The zero-order valence-electron chi connectivity index (χ0n) is 8.95. The van der Waals surface area contributed by atoms with Crippen LogP contribution < -0.4 is 0 Å². The molecule has 0 aromatic carbocycles. The van der Waals surface area contributed by atoms with E-state index in [2.05, 4.69) is 33.9 Å². The maximum atomic E-state index is 9.94. The molecule has 0 aromatic rings. The third-order valence-corrected chi connectivity index (χ3v) is 10.2. The predicted molar refractivity (Wildman–Crippen MR) is 53.5 cm³/mol. The minimum atomic E-state index is -1.55. The number of hydrogen-bond donors (Lipinski definition) is 1. The molecule has 1 nitrogen and oxygen atoms in total. The minimum Gasteiger partial charge on any atom is -0.394 e. The van der Waals surface area contributed by atoms with Gasteiger partial charge in [0.15, 0.2) is 0 Å². The summed E-state index contributed by atoms with van der Waals surface area (Å²) < 4.78 is 0. The zero-order chi connectivity index (χ0) is 9.50. The summed E-state index contributed by atoms with van der Waals surface area (Å²) in [5, 5.41) is 9.73. The Bertz CT molecular complexity index is 121. The molecule has 2 heteroatoms. The van der Waals surface area contributed by atoms with Gasteiger partial charge in [0.05, 0.1) is 13.3 Å². The molecule has 0 unspecified atom stereocenters. The van der Waals surface area contributed by atoms with E-state index in [1.165, 1.54) is 0 Å². The highest BCUT2D eigenvalue weighted by Crippen LogP contribution is 2.42. The molecule has 0 aliphatic rings.